The van der Waals surface area contributed by atoms with Crippen LogP contribution in [0.3, 0.4) is 0 Å². The molecule has 0 unspecified atom stereocenters. The third-order valence-corrected chi connectivity index (χ3v) is 4.50. The van der Waals surface area contributed by atoms with Gasteiger partial charge in [-0.15, -0.1) is 0 Å². The number of hydrogen-bond acceptors (Lipinski definition) is 4. The number of thiocarbonyl (C=S) groups is 1. The van der Waals surface area contributed by atoms with Crippen molar-refractivity contribution in [2.45, 2.75) is 26.8 Å². The number of rotatable bonds is 7. The molecule has 0 radical (unpaired) electrons. The van der Waals surface area contributed by atoms with Crippen molar-refractivity contribution in [3.05, 3.63) is 46.7 Å². The second-order valence-electron chi connectivity index (χ2n) is 6.69. The van der Waals surface area contributed by atoms with Gasteiger partial charge in [0.25, 0.3) is 0 Å². The molecule has 1 heterocycles. The lowest BCUT2D eigenvalue weighted by Gasteiger charge is -2.38. The summed E-state index contributed by atoms with van der Waals surface area (Å²) < 4.78 is 37.3. The zero-order chi connectivity index (χ0) is 20.1. The van der Waals surface area contributed by atoms with Crippen molar-refractivity contribution in [1.29, 1.82) is 0 Å². The molecule has 1 aromatic rings. The van der Waals surface area contributed by atoms with Gasteiger partial charge in [-0.25, -0.2) is 13.6 Å². The van der Waals surface area contributed by atoms with Crippen LogP contribution in [0.1, 0.15) is 32.4 Å². The van der Waals surface area contributed by atoms with E-state index in [0.717, 1.165) is 12.1 Å². The van der Waals surface area contributed by atoms with Gasteiger partial charge in [0.15, 0.2) is 16.7 Å². The van der Waals surface area contributed by atoms with E-state index in [1.807, 2.05) is 18.7 Å². The molecule has 0 fully saturated rings. The molecular weight excluding hydrogens is 374 g/mol. The van der Waals surface area contributed by atoms with Crippen LogP contribution in [0.2, 0.25) is 0 Å². The third-order valence-electron chi connectivity index (χ3n) is 4.16. The Morgan fingerprint density at radius 3 is 2.59 bits per heavy atom. The summed E-state index contributed by atoms with van der Waals surface area (Å²) in [5, 5.41) is 3.49. The normalized spacial score (nSPS) is 17.4. The first-order chi connectivity index (χ1) is 12.8. The van der Waals surface area contributed by atoms with Crippen LogP contribution in [-0.2, 0) is 14.3 Å². The highest BCUT2D eigenvalue weighted by molar-refractivity contribution is 7.80. The van der Waals surface area contributed by atoms with Crippen molar-refractivity contribution in [2.75, 3.05) is 26.9 Å². The van der Waals surface area contributed by atoms with E-state index in [0.29, 0.717) is 34.4 Å². The Hall–Kier alpha value is -2.06. The summed E-state index contributed by atoms with van der Waals surface area (Å²) >= 11 is 5.44. The number of benzene rings is 1. The predicted molar refractivity (Wildman–Crippen MR) is 102 cm³/mol. The van der Waals surface area contributed by atoms with Gasteiger partial charge in [-0.3, -0.25) is 0 Å². The number of methoxy groups -OCH3 is 1. The first-order valence-electron chi connectivity index (χ1n) is 8.66. The molecule has 27 heavy (non-hydrogen) atoms. The van der Waals surface area contributed by atoms with Crippen LogP contribution < -0.4 is 5.32 Å². The van der Waals surface area contributed by atoms with Crippen molar-refractivity contribution in [1.82, 2.24) is 10.2 Å². The van der Waals surface area contributed by atoms with Gasteiger partial charge < -0.3 is 19.7 Å². The zero-order valence-corrected chi connectivity index (χ0v) is 16.7. The summed E-state index contributed by atoms with van der Waals surface area (Å²) in [6.07, 6.45) is 0. The number of hydrogen-bond donors (Lipinski definition) is 1. The molecule has 1 aliphatic rings. The summed E-state index contributed by atoms with van der Waals surface area (Å²) in [5.41, 5.74) is 1.33. The van der Waals surface area contributed by atoms with E-state index in [1.165, 1.54) is 13.2 Å². The van der Waals surface area contributed by atoms with E-state index >= 15 is 0 Å². The summed E-state index contributed by atoms with van der Waals surface area (Å²) in [6, 6.07) is 2.78. The fourth-order valence-corrected chi connectivity index (χ4v) is 3.20. The molecule has 0 spiro atoms. The Morgan fingerprint density at radius 2 is 2.00 bits per heavy atom. The molecule has 1 atom stereocenters. The van der Waals surface area contributed by atoms with Gasteiger partial charge in [0.2, 0.25) is 0 Å². The Morgan fingerprint density at radius 1 is 1.30 bits per heavy atom. The number of carbonyl (C=O) groups is 1. The van der Waals surface area contributed by atoms with E-state index in [4.69, 9.17) is 21.7 Å². The highest BCUT2D eigenvalue weighted by atomic mass is 32.1. The molecule has 148 valence electrons. The zero-order valence-electron chi connectivity index (χ0n) is 15.8. The number of esters is 1. The quantitative estimate of drug-likeness (QED) is 0.432. The third kappa shape index (κ3) is 5.01. The minimum absolute atomic E-state index is 0.0885. The Labute approximate surface area is 163 Å². The van der Waals surface area contributed by atoms with Gasteiger partial charge in [-0.05, 0) is 42.8 Å². The molecule has 0 amide bonds. The van der Waals surface area contributed by atoms with E-state index in [2.05, 4.69) is 5.32 Å². The van der Waals surface area contributed by atoms with Gasteiger partial charge >= 0.3 is 5.97 Å². The molecule has 5 nitrogen and oxygen atoms in total. The maximum atomic E-state index is 13.8. The Balaban J connectivity index is 2.46. The highest BCUT2D eigenvalue weighted by Gasteiger charge is 2.35. The van der Waals surface area contributed by atoms with Crippen LogP contribution in [0.4, 0.5) is 8.78 Å². The standard InChI is InChI=1S/C19H24F2N2O3S/c1-11(2)10-23-12(3)16(18(24)26-8-7-25-4)17(22-19(23)27)13-5-6-14(20)15(21)9-13/h5-6,9,11,17H,7-8,10H2,1-4H3,(H,22,27)/t17-/m0/s1. The first kappa shape index (κ1) is 21.2. The largest absolute Gasteiger partial charge is 0.460 e. The molecular formula is C19H24F2N2O3S. The van der Waals surface area contributed by atoms with Crippen molar-refractivity contribution in [3.63, 3.8) is 0 Å². The number of allylic oxidation sites excluding steroid dienone is 1. The Kier molecular flexibility index (Phi) is 7.26. The lowest BCUT2D eigenvalue weighted by Crippen LogP contribution is -2.49. The maximum Gasteiger partial charge on any atom is 0.338 e. The average Bonchev–Trinajstić information content (AvgIpc) is 2.60. The summed E-state index contributed by atoms with van der Waals surface area (Å²) in [7, 11) is 1.51. The summed E-state index contributed by atoms with van der Waals surface area (Å²) in [4.78, 5) is 14.6. The van der Waals surface area contributed by atoms with Gasteiger partial charge in [-0.1, -0.05) is 19.9 Å². The van der Waals surface area contributed by atoms with E-state index in [-0.39, 0.29) is 13.2 Å². The van der Waals surface area contributed by atoms with E-state index in [9.17, 15) is 13.6 Å². The fraction of sp³-hybridized carbons (Fsp3) is 0.474. The molecule has 0 saturated heterocycles. The van der Waals surface area contributed by atoms with Gasteiger partial charge in [0, 0.05) is 19.4 Å². The SMILES string of the molecule is COCCOC(=O)C1=C(C)N(CC(C)C)C(=S)N[C@H]1c1ccc(F)c(F)c1. The second-order valence-corrected chi connectivity index (χ2v) is 7.08. The van der Waals surface area contributed by atoms with Crippen LogP contribution in [0.25, 0.3) is 0 Å². The molecule has 1 aromatic carbocycles. The van der Waals surface area contributed by atoms with Gasteiger partial charge in [0.1, 0.15) is 6.61 Å². The molecule has 1 aliphatic heterocycles. The van der Waals surface area contributed by atoms with Gasteiger partial charge in [0.05, 0.1) is 18.2 Å². The topological polar surface area (TPSA) is 50.8 Å². The van der Waals surface area contributed by atoms with Crippen molar-refractivity contribution >= 4 is 23.3 Å². The highest BCUT2D eigenvalue weighted by Crippen LogP contribution is 2.32. The molecule has 0 bridgehead atoms. The fourth-order valence-electron chi connectivity index (χ4n) is 2.87. The predicted octanol–water partition coefficient (Wildman–Crippen LogP) is 3.32. The molecule has 1 N–H and O–H groups in total. The van der Waals surface area contributed by atoms with Crippen molar-refractivity contribution in [3.8, 4) is 0 Å². The van der Waals surface area contributed by atoms with Crippen LogP contribution >= 0.6 is 12.2 Å². The van der Waals surface area contributed by atoms with Crippen LogP contribution in [0, 0.1) is 17.6 Å². The van der Waals surface area contributed by atoms with Crippen LogP contribution in [-0.4, -0.2) is 42.8 Å². The Bertz CT molecular complexity index is 752. The number of carbonyl (C=O) groups excluding carboxylic acids is 1. The van der Waals surface area contributed by atoms with Crippen molar-refractivity contribution < 1.29 is 23.0 Å². The molecule has 0 aromatic heterocycles. The first-order valence-corrected chi connectivity index (χ1v) is 9.06. The lowest BCUT2D eigenvalue weighted by molar-refractivity contribution is -0.140. The average molecular weight is 398 g/mol. The van der Waals surface area contributed by atoms with Crippen LogP contribution in [0.5, 0.6) is 0 Å². The molecule has 0 saturated carbocycles. The minimum Gasteiger partial charge on any atom is -0.460 e. The van der Waals surface area contributed by atoms with Crippen LogP contribution in [0.15, 0.2) is 29.5 Å². The summed E-state index contributed by atoms with van der Waals surface area (Å²) in [6.45, 7) is 6.80. The number of nitrogens with one attached hydrogen (secondary N) is 1. The minimum atomic E-state index is -0.991. The molecule has 0 aliphatic carbocycles. The van der Waals surface area contributed by atoms with E-state index in [1.54, 1.807) is 6.92 Å². The number of ether oxygens (including phenoxy) is 2. The summed E-state index contributed by atoms with van der Waals surface area (Å²) in [5.74, 6) is -2.20. The number of halogens is 2. The van der Waals surface area contributed by atoms with Gasteiger partial charge in [-0.2, -0.15) is 0 Å². The maximum absolute atomic E-state index is 13.8. The molecule has 8 heteroatoms. The smallest absolute Gasteiger partial charge is 0.338 e. The van der Waals surface area contributed by atoms with E-state index < -0.39 is 23.6 Å². The molecule has 2 rings (SSSR count). The lowest BCUT2D eigenvalue weighted by atomic mass is 9.94. The monoisotopic (exact) mass is 398 g/mol. The number of nitrogens with zero attached hydrogens (tertiary/aromatic N) is 1. The van der Waals surface area contributed by atoms with Crippen molar-refractivity contribution in [2.24, 2.45) is 5.92 Å². The second kappa shape index (κ2) is 9.23.